The van der Waals surface area contributed by atoms with Crippen LogP contribution < -0.4 is 10.2 Å². The van der Waals surface area contributed by atoms with E-state index >= 15 is 0 Å². The lowest BCUT2D eigenvalue weighted by molar-refractivity contribution is 0.102. The molecule has 0 unspecified atom stereocenters. The second-order valence-electron chi connectivity index (χ2n) is 7.54. The smallest absolute Gasteiger partial charge is 0.266 e. The lowest BCUT2D eigenvalue weighted by Crippen LogP contribution is -2.31. The van der Waals surface area contributed by atoms with E-state index in [0.29, 0.717) is 30.2 Å². The van der Waals surface area contributed by atoms with E-state index in [0.717, 1.165) is 24.7 Å². The Kier molecular flexibility index (Phi) is 5.75. The topological polar surface area (TPSA) is 88.8 Å². The predicted molar refractivity (Wildman–Crippen MR) is 116 cm³/mol. The number of halogens is 1. The summed E-state index contributed by atoms with van der Waals surface area (Å²) in [5.74, 6) is -0.219. The lowest BCUT2D eigenvalue weighted by Gasteiger charge is -2.29. The number of hydrogen-bond donors (Lipinski definition) is 1. The van der Waals surface area contributed by atoms with E-state index in [1.807, 2.05) is 31.2 Å². The Morgan fingerprint density at radius 1 is 1.23 bits per heavy atom. The van der Waals surface area contributed by atoms with Crippen molar-refractivity contribution >= 4 is 23.1 Å². The van der Waals surface area contributed by atoms with Crippen molar-refractivity contribution < 1.29 is 9.18 Å². The molecule has 4 rings (SSSR count). The van der Waals surface area contributed by atoms with Crippen LogP contribution in [-0.4, -0.2) is 44.2 Å². The number of aryl methyl sites for hydroxylation is 1. The highest BCUT2D eigenvalue weighted by atomic mass is 19.1. The van der Waals surface area contributed by atoms with Crippen LogP contribution >= 0.6 is 0 Å². The zero-order valence-electron chi connectivity index (χ0n) is 17.8. The van der Waals surface area contributed by atoms with E-state index in [2.05, 4.69) is 37.5 Å². The first kappa shape index (κ1) is 20.6. The number of rotatable bonds is 5. The van der Waals surface area contributed by atoms with Crippen LogP contribution in [0.3, 0.4) is 0 Å². The fourth-order valence-corrected chi connectivity index (χ4v) is 3.74. The van der Waals surface area contributed by atoms with Crippen LogP contribution in [0.2, 0.25) is 0 Å². The molecule has 1 amide bonds. The molecular weight excluding hydrogens is 397 g/mol. The van der Waals surface area contributed by atoms with Gasteiger partial charge < -0.3 is 10.2 Å². The third-order valence-corrected chi connectivity index (χ3v) is 5.50. The minimum atomic E-state index is -0.465. The molecule has 1 aliphatic heterocycles. The molecule has 0 aliphatic carbocycles. The number of carbonyl (C=O) groups is 1. The van der Waals surface area contributed by atoms with Crippen molar-refractivity contribution in [1.82, 2.24) is 25.2 Å². The summed E-state index contributed by atoms with van der Waals surface area (Å²) in [6.07, 6.45) is 3.86. The third-order valence-electron chi connectivity index (χ3n) is 5.50. The number of anilines is 2. The summed E-state index contributed by atoms with van der Waals surface area (Å²) in [5, 5.41) is 15.2. The Morgan fingerprint density at radius 3 is 2.68 bits per heavy atom. The number of aromatic nitrogens is 5. The molecule has 0 spiro atoms. The number of hydrogen-bond acceptors (Lipinski definition) is 6. The molecule has 31 heavy (non-hydrogen) atoms. The Hall–Kier alpha value is -3.62. The van der Waals surface area contributed by atoms with Gasteiger partial charge in [-0.2, -0.15) is 4.80 Å². The van der Waals surface area contributed by atoms with Crippen molar-refractivity contribution in [3.8, 4) is 0 Å². The zero-order chi connectivity index (χ0) is 22.0. The molecule has 0 saturated carbocycles. The van der Waals surface area contributed by atoms with E-state index in [1.165, 1.54) is 22.1 Å². The first-order chi connectivity index (χ1) is 15.0. The van der Waals surface area contributed by atoms with Gasteiger partial charge in [0.25, 0.3) is 11.9 Å². The van der Waals surface area contributed by atoms with E-state index in [9.17, 15) is 9.18 Å². The number of carbonyl (C=O) groups excluding carboxylic acids is 1. The summed E-state index contributed by atoms with van der Waals surface area (Å²) in [4.78, 5) is 20.0. The number of amides is 1. The SMILES string of the molecule is CCc1c(F)cncc1C(=O)Nc1ccc(C2=C(C)CCN(c3nnn(C)n3)C2)cc1. The molecule has 8 nitrogen and oxygen atoms in total. The van der Waals surface area contributed by atoms with E-state index in [1.54, 1.807) is 7.05 Å². The minimum Gasteiger partial charge on any atom is -0.334 e. The summed E-state index contributed by atoms with van der Waals surface area (Å²) in [6.45, 7) is 5.48. The molecular formula is C22H24FN7O. The summed E-state index contributed by atoms with van der Waals surface area (Å²) in [5.41, 5.74) is 4.86. The number of nitrogens with zero attached hydrogens (tertiary/aromatic N) is 6. The van der Waals surface area contributed by atoms with Crippen molar-refractivity contribution in [2.24, 2.45) is 7.05 Å². The van der Waals surface area contributed by atoms with Gasteiger partial charge in [0, 0.05) is 30.5 Å². The van der Waals surface area contributed by atoms with Gasteiger partial charge in [0.15, 0.2) is 0 Å². The highest BCUT2D eigenvalue weighted by Gasteiger charge is 2.21. The molecule has 1 aromatic carbocycles. The maximum atomic E-state index is 13.9. The van der Waals surface area contributed by atoms with Crippen LogP contribution in [-0.2, 0) is 13.5 Å². The van der Waals surface area contributed by atoms with E-state index in [4.69, 9.17) is 0 Å². The molecule has 3 aromatic rings. The maximum Gasteiger partial charge on any atom is 0.266 e. The fourth-order valence-electron chi connectivity index (χ4n) is 3.74. The molecule has 1 N–H and O–H groups in total. The van der Waals surface area contributed by atoms with Crippen molar-refractivity contribution in [1.29, 1.82) is 0 Å². The predicted octanol–water partition coefficient (Wildman–Crippen LogP) is 3.24. The average Bonchev–Trinajstić information content (AvgIpc) is 3.21. The van der Waals surface area contributed by atoms with Gasteiger partial charge in [-0.3, -0.25) is 9.78 Å². The minimum absolute atomic E-state index is 0.254. The highest BCUT2D eigenvalue weighted by molar-refractivity contribution is 6.05. The van der Waals surface area contributed by atoms with Gasteiger partial charge in [-0.15, -0.1) is 5.10 Å². The Morgan fingerprint density at radius 2 is 2.00 bits per heavy atom. The van der Waals surface area contributed by atoms with E-state index < -0.39 is 5.82 Å². The van der Waals surface area contributed by atoms with Gasteiger partial charge in [0.1, 0.15) is 5.82 Å². The normalized spacial score (nSPS) is 14.1. The van der Waals surface area contributed by atoms with Crippen molar-refractivity contribution in [3.63, 3.8) is 0 Å². The van der Waals surface area contributed by atoms with Crippen molar-refractivity contribution in [2.75, 3.05) is 23.3 Å². The summed E-state index contributed by atoms with van der Waals surface area (Å²) >= 11 is 0. The molecule has 2 aromatic heterocycles. The standard InChI is InChI=1S/C22H24FN7O/c1-4-17-18(11-24-12-20(17)23)21(31)25-16-7-5-15(6-8-16)19-13-30(10-9-14(19)2)22-26-28-29(3)27-22/h5-8,11-12H,4,9-10,13H2,1-3H3,(H,25,31). The first-order valence-electron chi connectivity index (χ1n) is 10.2. The van der Waals surface area contributed by atoms with Crippen LogP contribution in [0.15, 0.2) is 42.2 Å². The van der Waals surface area contributed by atoms with Gasteiger partial charge >= 0.3 is 0 Å². The van der Waals surface area contributed by atoms with Crippen LogP contribution in [0, 0.1) is 5.82 Å². The quantitative estimate of drug-likeness (QED) is 0.680. The molecule has 3 heterocycles. The molecule has 0 saturated heterocycles. The number of tetrazole rings is 1. The summed E-state index contributed by atoms with van der Waals surface area (Å²) in [6, 6.07) is 7.66. The van der Waals surface area contributed by atoms with Gasteiger partial charge in [0.2, 0.25) is 0 Å². The summed E-state index contributed by atoms with van der Waals surface area (Å²) < 4.78 is 13.9. The highest BCUT2D eigenvalue weighted by Crippen LogP contribution is 2.29. The van der Waals surface area contributed by atoms with Gasteiger partial charge in [-0.05, 0) is 48.2 Å². The molecule has 1 aliphatic rings. The summed E-state index contributed by atoms with van der Waals surface area (Å²) in [7, 11) is 1.75. The van der Waals surface area contributed by atoms with Gasteiger partial charge in [0.05, 0.1) is 18.8 Å². The van der Waals surface area contributed by atoms with Gasteiger partial charge in [-0.25, -0.2) is 4.39 Å². The van der Waals surface area contributed by atoms with Crippen LogP contribution in [0.4, 0.5) is 16.0 Å². The van der Waals surface area contributed by atoms with Crippen molar-refractivity contribution in [2.45, 2.75) is 26.7 Å². The molecule has 0 radical (unpaired) electrons. The average molecular weight is 421 g/mol. The Bertz CT molecular complexity index is 1140. The fraction of sp³-hybridized carbons (Fsp3) is 0.318. The zero-order valence-corrected chi connectivity index (χ0v) is 17.8. The second kappa shape index (κ2) is 8.63. The Labute approximate surface area is 179 Å². The molecule has 0 fully saturated rings. The number of pyridine rings is 1. The molecule has 0 atom stereocenters. The maximum absolute atomic E-state index is 13.9. The molecule has 9 heteroatoms. The Balaban J connectivity index is 1.50. The lowest BCUT2D eigenvalue weighted by atomic mass is 9.95. The third kappa shape index (κ3) is 4.30. The number of benzene rings is 1. The largest absolute Gasteiger partial charge is 0.334 e. The van der Waals surface area contributed by atoms with Crippen molar-refractivity contribution in [3.05, 3.63) is 64.7 Å². The monoisotopic (exact) mass is 421 g/mol. The number of nitrogens with one attached hydrogen (secondary N) is 1. The van der Waals surface area contributed by atoms with Crippen LogP contribution in [0.5, 0.6) is 0 Å². The van der Waals surface area contributed by atoms with Gasteiger partial charge in [-0.1, -0.05) is 29.7 Å². The molecule has 0 bridgehead atoms. The first-order valence-corrected chi connectivity index (χ1v) is 10.2. The van der Waals surface area contributed by atoms with Crippen LogP contribution in [0.1, 0.15) is 41.8 Å². The van der Waals surface area contributed by atoms with Crippen LogP contribution in [0.25, 0.3) is 5.57 Å². The molecule has 160 valence electrons. The van der Waals surface area contributed by atoms with E-state index in [-0.39, 0.29) is 11.5 Å². The second-order valence-corrected chi connectivity index (χ2v) is 7.54.